The lowest BCUT2D eigenvalue weighted by Gasteiger charge is -2.13. The van der Waals surface area contributed by atoms with Gasteiger partial charge >= 0.3 is 5.97 Å². The second kappa shape index (κ2) is 9.13. The van der Waals surface area contributed by atoms with Crippen LogP contribution in [0.1, 0.15) is 30.1 Å². The van der Waals surface area contributed by atoms with Crippen LogP contribution in [-0.4, -0.2) is 23.8 Å². The van der Waals surface area contributed by atoms with Gasteiger partial charge in [0.2, 0.25) is 0 Å². The zero-order valence-corrected chi connectivity index (χ0v) is 15.3. The Hall–Kier alpha value is -2.47. The van der Waals surface area contributed by atoms with E-state index in [4.69, 9.17) is 4.74 Å². The number of hydrogen-bond donors (Lipinski definition) is 1. The number of nitrogens with one attached hydrogen (secondary N) is 1. The molecule has 6 heteroatoms. The molecule has 2 aromatic rings. The maximum Gasteiger partial charge on any atom is 0.307 e. The van der Waals surface area contributed by atoms with Crippen LogP contribution in [0, 0.1) is 0 Å². The van der Waals surface area contributed by atoms with E-state index in [-0.39, 0.29) is 18.6 Å². The van der Waals surface area contributed by atoms with E-state index in [0.717, 1.165) is 4.47 Å². The van der Waals surface area contributed by atoms with Crippen molar-refractivity contribution in [3.8, 4) is 0 Å². The molecule has 1 atom stereocenters. The van der Waals surface area contributed by atoms with E-state index in [1.807, 2.05) is 6.07 Å². The lowest BCUT2D eigenvalue weighted by Crippen LogP contribution is -2.30. The summed E-state index contributed by atoms with van der Waals surface area (Å²) in [5.74, 6) is -1.15. The van der Waals surface area contributed by atoms with Gasteiger partial charge in [0.15, 0.2) is 11.9 Å². The average Bonchev–Trinajstić information content (AvgIpc) is 2.61. The van der Waals surface area contributed by atoms with Crippen LogP contribution in [0.2, 0.25) is 0 Å². The molecule has 0 bridgehead atoms. The maximum atomic E-state index is 12.0. The van der Waals surface area contributed by atoms with Gasteiger partial charge in [-0.1, -0.05) is 46.3 Å². The summed E-state index contributed by atoms with van der Waals surface area (Å²) >= 11 is 3.30. The number of para-hydroxylation sites is 1. The third-order valence-corrected chi connectivity index (χ3v) is 3.97. The maximum absolute atomic E-state index is 12.0. The molecular formula is C19H18BrNO4. The van der Waals surface area contributed by atoms with Gasteiger partial charge in [-0.3, -0.25) is 14.4 Å². The Morgan fingerprint density at radius 1 is 1.00 bits per heavy atom. The predicted octanol–water partition coefficient (Wildman–Crippen LogP) is 3.98. The molecule has 0 unspecified atom stereocenters. The highest BCUT2D eigenvalue weighted by atomic mass is 79.9. The standard InChI is InChI=1S/C19H18BrNO4/c1-13(19(24)21-16-5-3-2-4-6-16)25-18(23)12-11-17(22)14-7-9-15(20)10-8-14/h2-10,13H,11-12H2,1H3,(H,21,24)/t13-/m0/s1. The molecule has 130 valence electrons. The van der Waals surface area contributed by atoms with Crippen LogP contribution in [0.3, 0.4) is 0 Å². The molecule has 0 aliphatic carbocycles. The van der Waals surface area contributed by atoms with E-state index in [0.29, 0.717) is 11.3 Å². The molecule has 1 N–H and O–H groups in total. The summed E-state index contributed by atoms with van der Waals surface area (Å²) in [6, 6.07) is 15.8. The van der Waals surface area contributed by atoms with Gasteiger partial charge in [-0.25, -0.2) is 0 Å². The normalized spacial score (nSPS) is 11.4. The molecule has 0 heterocycles. The van der Waals surface area contributed by atoms with Crippen LogP contribution in [0.4, 0.5) is 5.69 Å². The lowest BCUT2D eigenvalue weighted by molar-refractivity contribution is -0.153. The van der Waals surface area contributed by atoms with Crippen molar-refractivity contribution in [2.75, 3.05) is 5.32 Å². The molecule has 5 nitrogen and oxygen atoms in total. The minimum Gasteiger partial charge on any atom is -0.453 e. The Bertz CT molecular complexity index is 744. The Balaban J connectivity index is 1.78. The smallest absolute Gasteiger partial charge is 0.307 e. The molecule has 25 heavy (non-hydrogen) atoms. The first-order chi connectivity index (χ1) is 12.0. The van der Waals surface area contributed by atoms with E-state index in [2.05, 4.69) is 21.2 Å². The first kappa shape index (κ1) is 18.9. The van der Waals surface area contributed by atoms with Crippen molar-refractivity contribution in [3.05, 3.63) is 64.6 Å². The SMILES string of the molecule is C[C@H](OC(=O)CCC(=O)c1ccc(Br)cc1)C(=O)Nc1ccccc1. The van der Waals surface area contributed by atoms with E-state index in [9.17, 15) is 14.4 Å². The van der Waals surface area contributed by atoms with Gasteiger partial charge in [0, 0.05) is 22.1 Å². The summed E-state index contributed by atoms with van der Waals surface area (Å²) < 4.78 is 5.96. The fourth-order valence-electron chi connectivity index (χ4n) is 2.07. The summed E-state index contributed by atoms with van der Waals surface area (Å²) in [6.45, 7) is 1.49. The second-order valence-corrected chi connectivity index (χ2v) is 6.33. The van der Waals surface area contributed by atoms with Crippen LogP contribution >= 0.6 is 15.9 Å². The van der Waals surface area contributed by atoms with Crippen LogP contribution in [0.15, 0.2) is 59.1 Å². The van der Waals surface area contributed by atoms with Crippen LogP contribution in [0.5, 0.6) is 0 Å². The number of amides is 1. The largest absolute Gasteiger partial charge is 0.453 e. The molecule has 0 spiro atoms. The second-order valence-electron chi connectivity index (χ2n) is 5.42. The van der Waals surface area contributed by atoms with Gasteiger partial charge in [0.1, 0.15) is 0 Å². The first-order valence-electron chi connectivity index (χ1n) is 7.80. The van der Waals surface area contributed by atoms with Crippen LogP contribution < -0.4 is 5.32 Å². The fraction of sp³-hybridized carbons (Fsp3) is 0.211. The topological polar surface area (TPSA) is 72.5 Å². The van der Waals surface area contributed by atoms with E-state index in [1.165, 1.54) is 6.92 Å². The highest BCUT2D eigenvalue weighted by Crippen LogP contribution is 2.13. The summed E-state index contributed by atoms with van der Waals surface area (Å²) in [5.41, 5.74) is 1.16. The molecule has 2 aromatic carbocycles. The summed E-state index contributed by atoms with van der Waals surface area (Å²) in [4.78, 5) is 35.8. The number of anilines is 1. The van der Waals surface area contributed by atoms with Gasteiger partial charge in [-0.05, 0) is 31.2 Å². The molecule has 0 aromatic heterocycles. The van der Waals surface area contributed by atoms with Crippen molar-refractivity contribution in [1.82, 2.24) is 0 Å². The number of ether oxygens (including phenoxy) is 1. The molecule has 0 radical (unpaired) electrons. The quantitative estimate of drug-likeness (QED) is 0.560. The highest BCUT2D eigenvalue weighted by molar-refractivity contribution is 9.10. The first-order valence-corrected chi connectivity index (χ1v) is 8.59. The number of hydrogen-bond acceptors (Lipinski definition) is 4. The molecule has 0 aliphatic rings. The molecule has 2 rings (SSSR count). The Kier molecular flexibility index (Phi) is 6.89. The number of carbonyl (C=O) groups is 3. The van der Waals surface area contributed by atoms with Crippen molar-refractivity contribution >= 4 is 39.3 Å². The van der Waals surface area contributed by atoms with Gasteiger partial charge in [0.05, 0.1) is 6.42 Å². The minimum atomic E-state index is -0.935. The zero-order valence-electron chi connectivity index (χ0n) is 13.7. The monoisotopic (exact) mass is 403 g/mol. The van der Waals surface area contributed by atoms with Crippen LogP contribution in [0.25, 0.3) is 0 Å². The fourth-order valence-corrected chi connectivity index (χ4v) is 2.34. The van der Waals surface area contributed by atoms with Crippen molar-refractivity contribution in [2.45, 2.75) is 25.9 Å². The number of Topliss-reactive ketones (excluding diaryl/α,β-unsaturated/α-hetero) is 1. The molecule has 1 amide bonds. The number of carbonyl (C=O) groups excluding carboxylic acids is 3. The van der Waals surface area contributed by atoms with E-state index >= 15 is 0 Å². The molecular weight excluding hydrogens is 386 g/mol. The van der Waals surface area contributed by atoms with Crippen molar-refractivity contribution in [1.29, 1.82) is 0 Å². The number of rotatable bonds is 7. The van der Waals surface area contributed by atoms with Crippen molar-refractivity contribution in [2.24, 2.45) is 0 Å². The van der Waals surface area contributed by atoms with Gasteiger partial charge in [0.25, 0.3) is 5.91 Å². The lowest BCUT2D eigenvalue weighted by atomic mass is 10.1. The highest BCUT2D eigenvalue weighted by Gasteiger charge is 2.18. The Morgan fingerprint density at radius 2 is 1.64 bits per heavy atom. The number of benzene rings is 2. The zero-order chi connectivity index (χ0) is 18.2. The number of esters is 1. The van der Waals surface area contributed by atoms with Crippen LogP contribution in [-0.2, 0) is 14.3 Å². The molecule has 0 aliphatic heterocycles. The predicted molar refractivity (Wildman–Crippen MR) is 98.3 cm³/mol. The summed E-state index contributed by atoms with van der Waals surface area (Å²) in [5, 5.41) is 2.66. The van der Waals surface area contributed by atoms with Gasteiger partial charge < -0.3 is 10.1 Å². The average molecular weight is 404 g/mol. The van der Waals surface area contributed by atoms with Gasteiger partial charge in [-0.15, -0.1) is 0 Å². The minimum absolute atomic E-state index is 0.0352. The van der Waals surface area contributed by atoms with Gasteiger partial charge in [-0.2, -0.15) is 0 Å². The third-order valence-electron chi connectivity index (χ3n) is 3.44. The summed E-state index contributed by atoms with van der Waals surface area (Å²) in [6.07, 6.45) is -0.971. The van der Waals surface area contributed by atoms with Crippen molar-refractivity contribution < 1.29 is 19.1 Å². The van der Waals surface area contributed by atoms with Crippen molar-refractivity contribution in [3.63, 3.8) is 0 Å². The molecule has 0 saturated heterocycles. The number of halogens is 1. The Morgan fingerprint density at radius 3 is 2.28 bits per heavy atom. The Labute approximate surface area is 154 Å². The number of ketones is 1. The third kappa shape index (κ3) is 6.15. The van der Waals surface area contributed by atoms with E-state index in [1.54, 1.807) is 48.5 Å². The van der Waals surface area contributed by atoms with E-state index < -0.39 is 18.0 Å². The molecule has 0 fully saturated rings. The summed E-state index contributed by atoms with van der Waals surface area (Å²) in [7, 11) is 0. The molecule has 0 saturated carbocycles.